The van der Waals surface area contributed by atoms with Crippen LogP contribution in [0.25, 0.3) is 22.3 Å². The van der Waals surface area contributed by atoms with Gasteiger partial charge >= 0.3 is 0 Å². The largest absolute Gasteiger partial charge is 0.370 e. The van der Waals surface area contributed by atoms with E-state index in [4.69, 9.17) is 26.3 Å². The van der Waals surface area contributed by atoms with Crippen molar-refractivity contribution in [3.05, 3.63) is 63.1 Å². The van der Waals surface area contributed by atoms with Gasteiger partial charge in [-0.05, 0) is 25.5 Å². The highest BCUT2D eigenvalue weighted by Gasteiger charge is 2.26. The van der Waals surface area contributed by atoms with Crippen LogP contribution in [-0.4, -0.2) is 49.0 Å². The highest BCUT2D eigenvalue weighted by molar-refractivity contribution is 6.30. The predicted octanol–water partition coefficient (Wildman–Crippen LogP) is 2.97. The molecule has 0 saturated carbocycles. The van der Waals surface area contributed by atoms with Crippen LogP contribution in [0.1, 0.15) is 23.1 Å². The molecule has 0 unspecified atom stereocenters. The lowest BCUT2D eigenvalue weighted by Crippen LogP contribution is -2.39. The van der Waals surface area contributed by atoms with E-state index >= 15 is 0 Å². The van der Waals surface area contributed by atoms with Crippen molar-refractivity contribution in [2.24, 2.45) is 14.1 Å². The van der Waals surface area contributed by atoms with Gasteiger partial charge in [0.1, 0.15) is 23.4 Å². The van der Waals surface area contributed by atoms with Gasteiger partial charge in [-0.25, -0.2) is 9.97 Å². The zero-order valence-corrected chi connectivity index (χ0v) is 19.7. The monoisotopic (exact) mass is 465 g/mol. The fourth-order valence-electron chi connectivity index (χ4n) is 4.17. The van der Waals surface area contributed by atoms with E-state index in [-0.39, 0.29) is 11.7 Å². The van der Waals surface area contributed by atoms with Crippen LogP contribution in [0.4, 0.5) is 5.82 Å². The number of morpholine rings is 1. The Morgan fingerprint density at radius 2 is 1.94 bits per heavy atom. The first-order valence-corrected chi connectivity index (χ1v) is 11.1. The second-order valence-corrected chi connectivity index (χ2v) is 8.75. The summed E-state index contributed by atoms with van der Waals surface area (Å²) in [6.45, 7) is 5.56. The van der Waals surface area contributed by atoms with Crippen LogP contribution in [0.3, 0.4) is 0 Å². The van der Waals surface area contributed by atoms with Crippen molar-refractivity contribution >= 4 is 28.3 Å². The molecule has 0 bridgehead atoms. The normalized spacial score (nSPS) is 16.5. The molecular weight excluding hydrogens is 442 g/mol. The molecule has 9 nitrogen and oxygen atoms in total. The van der Waals surface area contributed by atoms with Crippen LogP contribution in [-0.2, 0) is 18.8 Å². The van der Waals surface area contributed by atoms with Crippen molar-refractivity contribution in [3.63, 3.8) is 0 Å². The first-order valence-electron chi connectivity index (χ1n) is 10.7. The van der Waals surface area contributed by atoms with Gasteiger partial charge in [-0.2, -0.15) is 5.10 Å². The fraction of sp³-hybridized carbons (Fsp3) is 0.348. The molecule has 5 heterocycles. The molecule has 4 aromatic heterocycles. The summed E-state index contributed by atoms with van der Waals surface area (Å²) in [6, 6.07) is 3.70. The van der Waals surface area contributed by atoms with Crippen LogP contribution < -0.4 is 10.5 Å². The summed E-state index contributed by atoms with van der Waals surface area (Å²) < 4.78 is 9.30. The number of nitrogens with zero attached hydrogens (tertiary/aromatic N) is 7. The smallest absolute Gasteiger partial charge is 0.263 e. The Labute approximate surface area is 195 Å². The molecule has 10 heteroatoms. The molecule has 0 N–H and O–H groups in total. The number of anilines is 1. The number of rotatable bonds is 3. The number of hydrogen-bond acceptors (Lipinski definition) is 7. The Kier molecular flexibility index (Phi) is 5.38. The van der Waals surface area contributed by atoms with Crippen LogP contribution in [0.2, 0.25) is 5.02 Å². The van der Waals surface area contributed by atoms with Gasteiger partial charge < -0.3 is 9.64 Å². The lowest BCUT2D eigenvalue weighted by atomic mass is 10.1. The molecule has 1 saturated heterocycles. The Bertz CT molecular complexity index is 1430. The highest BCUT2D eigenvalue weighted by atomic mass is 35.5. The number of hydrogen-bond donors (Lipinski definition) is 0. The molecule has 1 aliphatic heterocycles. The van der Waals surface area contributed by atoms with Crippen LogP contribution in [0.5, 0.6) is 0 Å². The molecule has 0 amide bonds. The molecule has 1 aliphatic rings. The third kappa shape index (κ3) is 3.87. The lowest BCUT2D eigenvalue weighted by Gasteiger charge is -2.33. The highest BCUT2D eigenvalue weighted by Crippen LogP contribution is 2.32. The Morgan fingerprint density at radius 3 is 2.67 bits per heavy atom. The number of aryl methyl sites for hydroxylation is 3. The van der Waals surface area contributed by atoms with Gasteiger partial charge in [-0.15, -0.1) is 0 Å². The maximum absolute atomic E-state index is 13.2. The van der Waals surface area contributed by atoms with Crippen molar-refractivity contribution in [2.75, 3.05) is 24.6 Å². The zero-order chi connectivity index (χ0) is 23.3. The maximum atomic E-state index is 13.2. The molecular formula is C23H24ClN7O2. The van der Waals surface area contributed by atoms with Crippen molar-refractivity contribution < 1.29 is 4.74 Å². The molecule has 1 fully saturated rings. The first kappa shape index (κ1) is 21.5. The minimum atomic E-state index is -0.155. The van der Waals surface area contributed by atoms with E-state index in [9.17, 15) is 4.79 Å². The second kappa shape index (κ2) is 8.24. The second-order valence-electron chi connectivity index (χ2n) is 8.32. The Balaban J connectivity index is 1.67. The minimum absolute atomic E-state index is 0.123. The van der Waals surface area contributed by atoms with Gasteiger partial charge in [0.05, 0.1) is 34.4 Å². The van der Waals surface area contributed by atoms with Gasteiger partial charge in [0.25, 0.3) is 5.56 Å². The molecule has 5 rings (SSSR count). The van der Waals surface area contributed by atoms with E-state index in [1.54, 1.807) is 17.9 Å². The third-order valence-corrected chi connectivity index (χ3v) is 6.23. The summed E-state index contributed by atoms with van der Waals surface area (Å²) >= 11 is 6.14. The third-order valence-electron chi connectivity index (χ3n) is 6.03. The average molecular weight is 466 g/mol. The number of fused-ring (bicyclic) bond motifs is 1. The molecule has 0 radical (unpaired) electrons. The minimum Gasteiger partial charge on any atom is -0.370 e. The predicted molar refractivity (Wildman–Crippen MR) is 127 cm³/mol. The number of ether oxygens (including phenoxy) is 1. The summed E-state index contributed by atoms with van der Waals surface area (Å²) in [4.78, 5) is 29.6. The standard InChI is InChI=1S/C23H24ClN7O2/c1-13-7-16(24)10-25-21(13)22-20-17(27-14(2)30(4)23(20)32)8-19(28-22)31-5-6-33-18(12-31)15-9-26-29(3)11-15/h7-11,18H,5-6,12H2,1-4H3/t18-/m1/s1. The molecule has 170 valence electrons. The van der Waals surface area contributed by atoms with E-state index in [0.717, 1.165) is 16.9 Å². The van der Waals surface area contributed by atoms with Crippen molar-refractivity contribution in [2.45, 2.75) is 20.0 Å². The van der Waals surface area contributed by atoms with E-state index in [2.05, 4.69) is 15.0 Å². The maximum Gasteiger partial charge on any atom is 0.263 e. The summed E-state index contributed by atoms with van der Waals surface area (Å²) in [7, 11) is 3.60. The molecule has 4 aromatic rings. The summed E-state index contributed by atoms with van der Waals surface area (Å²) in [5.41, 5.74) is 3.42. The average Bonchev–Trinajstić information content (AvgIpc) is 3.23. The van der Waals surface area contributed by atoms with Gasteiger partial charge in [-0.3, -0.25) is 19.0 Å². The quantitative estimate of drug-likeness (QED) is 0.459. The van der Waals surface area contributed by atoms with Crippen LogP contribution in [0, 0.1) is 13.8 Å². The lowest BCUT2D eigenvalue weighted by molar-refractivity contribution is 0.0395. The summed E-state index contributed by atoms with van der Waals surface area (Å²) in [5.74, 6) is 1.36. The van der Waals surface area contributed by atoms with E-state index in [1.807, 2.05) is 45.4 Å². The number of aromatic nitrogens is 6. The van der Waals surface area contributed by atoms with E-state index in [1.165, 1.54) is 4.57 Å². The molecule has 0 aliphatic carbocycles. The van der Waals surface area contributed by atoms with E-state index < -0.39 is 0 Å². The first-order chi connectivity index (χ1) is 15.8. The SMILES string of the molecule is Cc1cc(Cl)cnc1-c1nc(N2CCO[C@@H](c3cnn(C)c3)C2)cc2nc(C)n(C)c(=O)c12. The number of pyridine rings is 2. The summed E-state index contributed by atoms with van der Waals surface area (Å²) in [6.07, 6.45) is 5.23. The zero-order valence-electron chi connectivity index (χ0n) is 18.9. The van der Waals surface area contributed by atoms with Crippen LogP contribution in [0.15, 0.2) is 35.5 Å². The number of halogens is 1. The van der Waals surface area contributed by atoms with Crippen LogP contribution >= 0.6 is 11.6 Å². The Hall–Kier alpha value is -3.30. The van der Waals surface area contributed by atoms with Crippen molar-refractivity contribution in [3.8, 4) is 11.4 Å². The van der Waals surface area contributed by atoms with Gasteiger partial charge in [-0.1, -0.05) is 11.6 Å². The topological polar surface area (TPSA) is 91.0 Å². The molecule has 0 aromatic carbocycles. The molecule has 33 heavy (non-hydrogen) atoms. The van der Waals surface area contributed by atoms with E-state index in [0.29, 0.717) is 52.8 Å². The van der Waals surface area contributed by atoms with Crippen molar-refractivity contribution in [1.82, 2.24) is 29.3 Å². The Morgan fingerprint density at radius 1 is 1.12 bits per heavy atom. The van der Waals surface area contributed by atoms with Gasteiger partial charge in [0, 0.05) is 51.2 Å². The van der Waals surface area contributed by atoms with Gasteiger partial charge in [0.2, 0.25) is 0 Å². The molecule has 0 spiro atoms. The van der Waals surface area contributed by atoms with Crippen molar-refractivity contribution in [1.29, 1.82) is 0 Å². The summed E-state index contributed by atoms with van der Waals surface area (Å²) in [5, 5.41) is 5.24. The molecule has 1 atom stereocenters. The van der Waals surface area contributed by atoms with Gasteiger partial charge in [0.15, 0.2) is 0 Å². The fourth-order valence-corrected chi connectivity index (χ4v) is 4.38.